The molecule has 1 aliphatic heterocycles. The van der Waals surface area contributed by atoms with E-state index in [1.165, 1.54) is 0 Å². The molecule has 0 radical (unpaired) electrons. The predicted octanol–water partition coefficient (Wildman–Crippen LogP) is 7.42. The minimum absolute atomic E-state index is 0.190. The minimum Gasteiger partial charge on any atom is -0.324 e. The molecule has 2 aromatic heterocycles. The van der Waals surface area contributed by atoms with Gasteiger partial charge in [-0.25, -0.2) is 9.97 Å². The van der Waals surface area contributed by atoms with Gasteiger partial charge in [0.1, 0.15) is 0 Å². The van der Waals surface area contributed by atoms with E-state index in [2.05, 4.69) is 59.3 Å². The lowest BCUT2D eigenvalue weighted by Gasteiger charge is -2.46. The molecular formula is C37H47N7O. The Labute approximate surface area is 272 Å². The third-order valence-electron chi connectivity index (χ3n) is 8.75. The fraction of sp³-hybridized carbons (Fsp3) is 0.405. The number of aryl methyl sites for hydroxylation is 4. The highest BCUT2D eigenvalue weighted by Crippen LogP contribution is 2.31. The Balaban J connectivity index is 1.32. The Kier molecular flexibility index (Phi) is 8.23. The molecule has 4 aromatic rings. The van der Waals surface area contributed by atoms with Gasteiger partial charge in [0, 0.05) is 76.4 Å². The number of anilines is 3. The van der Waals surface area contributed by atoms with Crippen LogP contribution in [0.5, 0.6) is 0 Å². The predicted molar refractivity (Wildman–Crippen MR) is 184 cm³/mol. The van der Waals surface area contributed by atoms with E-state index in [1.807, 2.05) is 76.5 Å². The molecule has 0 spiro atoms. The van der Waals surface area contributed by atoms with Crippen molar-refractivity contribution in [2.45, 2.75) is 73.4 Å². The van der Waals surface area contributed by atoms with E-state index in [1.54, 1.807) is 4.90 Å². The van der Waals surface area contributed by atoms with Crippen LogP contribution >= 0.6 is 0 Å². The van der Waals surface area contributed by atoms with E-state index in [-0.39, 0.29) is 17.4 Å². The summed E-state index contributed by atoms with van der Waals surface area (Å²) in [6, 6.07) is 13.9. The second-order valence-electron chi connectivity index (χ2n) is 13.2. The van der Waals surface area contributed by atoms with Gasteiger partial charge in [-0.05, 0) is 107 Å². The number of nitrogens with zero attached hydrogens (tertiary/aromatic N) is 5. The zero-order valence-corrected chi connectivity index (χ0v) is 27.7. The first-order valence-electron chi connectivity index (χ1n) is 17.1. The summed E-state index contributed by atoms with van der Waals surface area (Å²) < 4.78 is 23.4. The topological polar surface area (TPSA) is 86.3 Å². The molecule has 45 heavy (non-hydrogen) atoms. The number of likely N-dealkylation sites (N-methyl/N-ethyl adjacent to an activating group) is 1. The highest BCUT2D eigenvalue weighted by Gasteiger charge is 2.32. The standard InChI is InChI=1S/C37H47N7O/c1-23(2)31-13-11-30(18-33(31)41-36-39-19-26(5)34(42-36)29-17-24(3)27(6)38-20-29)40-35(45)32-12-10-28(16-25(32)4)21-44-15-14-43(9)22-37(44,7)8/h10-13,16-20,23H,14-15,21-22H2,1-9H3,(H,40,45)(H,39,41,42)/i9D3. The van der Waals surface area contributed by atoms with E-state index < -0.39 is 6.98 Å². The Morgan fingerprint density at radius 3 is 2.47 bits per heavy atom. The molecule has 0 unspecified atom stereocenters. The van der Waals surface area contributed by atoms with Crippen molar-refractivity contribution in [3.05, 3.63) is 93.9 Å². The van der Waals surface area contributed by atoms with Crippen LogP contribution in [-0.2, 0) is 6.54 Å². The monoisotopic (exact) mass is 608 g/mol. The van der Waals surface area contributed by atoms with E-state index in [0.29, 0.717) is 43.4 Å². The fourth-order valence-corrected chi connectivity index (χ4v) is 5.91. The second-order valence-corrected chi connectivity index (χ2v) is 13.2. The number of carbonyl (C=O) groups is 1. The molecule has 0 saturated carbocycles. The number of piperazine rings is 1. The smallest absolute Gasteiger partial charge is 0.255 e. The molecule has 1 amide bonds. The van der Waals surface area contributed by atoms with Gasteiger partial charge in [0.15, 0.2) is 0 Å². The molecule has 0 atom stereocenters. The first kappa shape index (κ1) is 28.3. The summed E-state index contributed by atoms with van der Waals surface area (Å²) in [5.74, 6) is 0.501. The molecule has 8 heteroatoms. The van der Waals surface area contributed by atoms with E-state index in [9.17, 15) is 4.79 Å². The first-order valence-corrected chi connectivity index (χ1v) is 15.6. The maximum absolute atomic E-state index is 13.5. The van der Waals surface area contributed by atoms with Crippen molar-refractivity contribution in [2.24, 2.45) is 0 Å². The summed E-state index contributed by atoms with van der Waals surface area (Å²) in [6.45, 7) is 16.6. The summed E-state index contributed by atoms with van der Waals surface area (Å²) in [7, 11) is 0. The molecule has 5 rings (SSSR count). The van der Waals surface area contributed by atoms with E-state index >= 15 is 0 Å². The summed E-state index contributed by atoms with van der Waals surface area (Å²) in [6.07, 6.45) is 3.65. The van der Waals surface area contributed by atoms with Crippen LogP contribution < -0.4 is 10.6 Å². The molecule has 1 saturated heterocycles. The van der Waals surface area contributed by atoms with Crippen molar-refractivity contribution in [3.63, 3.8) is 0 Å². The lowest BCUT2D eigenvalue weighted by Crippen LogP contribution is -2.57. The Morgan fingerprint density at radius 2 is 1.78 bits per heavy atom. The number of pyridine rings is 1. The van der Waals surface area contributed by atoms with Crippen LogP contribution in [0.2, 0.25) is 0 Å². The molecule has 236 valence electrons. The third kappa shape index (κ3) is 7.40. The third-order valence-corrected chi connectivity index (χ3v) is 8.75. The highest BCUT2D eigenvalue weighted by atomic mass is 16.1. The van der Waals surface area contributed by atoms with Crippen LogP contribution in [0.25, 0.3) is 11.3 Å². The van der Waals surface area contributed by atoms with Gasteiger partial charge in [-0.2, -0.15) is 0 Å². The number of benzene rings is 2. The maximum atomic E-state index is 13.5. The van der Waals surface area contributed by atoms with Crippen LogP contribution in [0, 0.1) is 27.7 Å². The van der Waals surface area contributed by atoms with Crippen molar-refractivity contribution in [1.29, 1.82) is 0 Å². The quantitative estimate of drug-likeness (QED) is 0.215. The van der Waals surface area contributed by atoms with Crippen LogP contribution in [0.3, 0.4) is 0 Å². The van der Waals surface area contributed by atoms with Gasteiger partial charge >= 0.3 is 0 Å². The minimum atomic E-state index is -2.09. The number of rotatable bonds is 8. The van der Waals surface area contributed by atoms with Crippen LogP contribution in [0.1, 0.15) is 81.6 Å². The number of amides is 1. The van der Waals surface area contributed by atoms with Gasteiger partial charge in [-0.15, -0.1) is 0 Å². The van der Waals surface area contributed by atoms with Gasteiger partial charge in [0.05, 0.1) is 5.69 Å². The van der Waals surface area contributed by atoms with E-state index in [4.69, 9.17) is 9.10 Å². The van der Waals surface area contributed by atoms with Crippen molar-refractivity contribution in [3.8, 4) is 11.3 Å². The molecule has 8 nitrogen and oxygen atoms in total. The summed E-state index contributed by atoms with van der Waals surface area (Å²) in [4.78, 5) is 31.3. The Morgan fingerprint density at radius 1 is 0.978 bits per heavy atom. The zero-order chi connectivity index (χ0) is 35.0. The molecule has 0 bridgehead atoms. The van der Waals surface area contributed by atoms with Crippen molar-refractivity contribution >= 4 is 23.2 Å². The Hall–Kier alpha value is -4.14. The zero-order valence-electron chi connectivity index (χ0n) is 30.7. The second kappa shape index (κ2) is 13.1. The number of aromatic nitrogens is 3. The van der Waals surface area contributed by atoms with Gasteiger partial charge in [-0.1, -0.05) is 32.0 Å². The summed E-state index contributed by atoms with van der Waals surface area (Å²) in [5.41, 5.74) is 9.63. The highest BCUT2D eigenvalue weighted by molar-refractivity contribution is 6.05. The lowest BCUT2D eigenvalue weighted by atomic mass is 9.97. The van der Waals surface area contributed by atoms with Crippen molar-refractivity contribution < 1.29 is 8.91 Å². The van der Waals surface area contributed by atoms with Gasteiger partial charge in [0.2, 0.25) is 5.95 Å². The maximum Gasteiger partial charge on any atom is 0.255 e. The van der Waals surface area contributed by atoms with Crippen LogP contribution in [0.4, 0.5) is 17.3 Å². The van der Waals surface area contributed by atoms with Gasteiger partial charge in [-0.3, -0.25) is 14.7 Å². The van der Waals surface area contributed by atoms with Gasteiger partial charge in [0.25, 0.3) is 5.91 Å². The van der Waals surface area contributed by atoms with Crippen LogP contribution in [0.15, 0.2) is 54.9 Å². The normalized spacial score (nSPS) is 16.6. The lowest BCUT2D eigenvalue weighted by molar-refractivity contribution is 0.0254. The SMILES string of the molecule is [2H]C([2H])([2H])N1CCN(Cc2ccc(C(=O)Nc3ccc(C(C)C)c(Nc4ncc(C)c(-c5cnc(C)c(C)c5)n4)c3)c(C)c2)C(C)(C)C1. The molecular weight excluding hydrogens is 558 g/mol. The van der Waals surface area contributed by atoms with Crippen molar-refractivity contribution in [2.75, 3.05) is 37.2 Å². The van der Waals surface area contributed by atoms with E-state index in [0.717, 1.165) is 50.5 Å². The molecule has 0 aliphatic carbocycles. The molecule has 3 heterocycles. The number of nitrogens with one attached hydrogen (secondary N) is 2. The Bertz CT molecular complexity index is 1820. The molecule has 2 aromatic carbocycles. The molecule has 1 aliphatic rings. The van der Waals surface area contributed by atoms with Crippen LogP contribution in [-0.4, -0.2) is 62.8 Å². The summed E-state index contributed by atoms with van der Waals surface area (Å²) >= 11 is 0. The molecule has 2 N–H and O–H groups in total. The number of carbonyl (C=O) groups excluding carboxylic acids is 1. The molecule has 1 fully saturated rings. The average Bonchev–Trinajstić information content (AvgIpc) is 3.00. The largest absolute Gasteiger partial charge is 0.324 e. The van der Waals surface area contributed by atoms with Gasteiger partial charge < -0.3 is 15.5 Å². The number of hydrogen-bond donors (Lipinski definition) is 2. The average molecular weight is 609 g/mol. The fourth-order valence-electron chi connectivity index (χ4n) is 5.91. The van der Waals surface area contributed by atoms with Crippen molar-refractivity contribution in [1.82, 2.24) is 24.8 Å². The summed E-state index contributed by atoms with van der Waals surface area (Å²) in [5, 5.41) is 6.50. The number of hydrogen-bond acceptors (Lipinski definition) is 7. The first-order chi connectivity index (χ1) is 22.5.